The topological polar surface area (TPSA) is 58.7 Å². The van der Waals surface area contributed by atoms with E-state index in [0.717, 1.165) is 29.7 Å². The molecule has 0 saturated heterocycles. The Bertz CT molecular complexity index is 462. The molecule has 118 valence electrons. The summed E-state index contributed by atoms with van der Waals surface area (Å²) in [7, 11) is 1.66. The van der Waals surface area contributed by atoms with Gasteiger partial charge >= 0.3 is 0 Å². The molecule has 3 N–H and O–H groups in total. The summed E-state index contributed by atoms with van der Waals surface area (Å²) in [6.07, 6.45) is 2.10. The van der Waals surface area contributed by atoms with Crippen molar-refractivity contribution in [1.29, 1.82) is 0 Å². The molecule has 0 aliphatic rings. The van der Waals surface area contributed by atoms with Crippen LogP contribution in [0.3, 0.4) is 0 Å². The van der Waals surface area contributed by atoms with Gasteiger partial charge in [-0.05, 0) is 31.0 Å². The molecule has 0 fully saturated rings. The first-order valence-corrected chi connectivity index (χ1v) is 7.79. The molecule has 0 aromatic heterocycles. The van der Waals surface area contributed by atoms with Crippen LogP contribution in [-0.4, -0.2) is 41.3 Å². The highest BCUT2D eigenvalue weighted by Crippen LogP contribution is 2.23. The Morgan fingerprint density at radius 2 is 2.05 bits per heavy atom. The van der Waals surface area contributed by atoms with Crippen molar-refractivity contribution in [3.63, 3.8) is 0 Å². The van der Waals surface area contributed by atoms with Gasteiger partial charge in [-0.15, -0.1) is 0 Å². The van der Waals surface area contributed by atoms with E-state index >= 15 is 0 Å². The summed E-state index contributed by atoms with van der Waals surface area (Å²) in [5, 5.41) is 9.31. The summed E-state index contributed by atoms with van der Waals surface area (Å²) < 4.78 is 5.43. The number of hydrogen-bond donors (Lipinski definition) is 2. The Morgan fingerprint density at radius 1 is 1.38 bits per heavy atom. The van der Waals surface area contributed by atoms with Gasteiger partial charge in [0.15, 0.2) is 0 Å². The number of rotatable bonds is 9. The quantitative estimate of drug-likeness (QED) is 0.686. The SMILES string of the molecule is CCC(CC)N(CCO)Cc1cc(C(N)=S)ccc1OC. The van der Waals surface area contributed by atoms with E-state index in [1.807, 2.05) is 18.2 Å². The molecule has 0 saturated carbocycles. The van der Waals surface area contributed by atoms with E-state index in [0.29, 0.717) is 24.1 Å². The predicted molar refractivity (Wildman–Crippen MR) is 90.7 cm³/mol. The zero-order valence-electron chi connectivity index (χ0n) is 13.1. The number of hydrogen-bond acceptors (Lipinski definition) is 4. The van der Waals surface area contributed by atoms with Gasteiger partial charge in [0.1, 0.15) is 10.7 Å². The maximum Gasteiger partial charge on any atom is 0.123 e. The minimum absolute atomic E-state index is 0.147. The van der Waals surface area contributed by atoms with Gasteiger partial charge in [0.2, 0.25) is 0 Å². The third kappa shape index (κ3) is 4.95. The van der Waals surface area contributed by atoms with E-state index in [-0.39, 0.29) is 6.61 Å². The number of aliphatic hydroxyl groups is 1. The summed E-state index contributed by atoms with van der Waals surface area (Å²) >= 11 is 5.05. The van der Waals surface area contributed by atoms with Crippen molar-refractivity contribution in [2.45, 2.75) is 39.3 Å². The number of methoxy groups -OCH3 is 1. The van der Waals surface area contributed by atoms with Gasteiger partial charge < -0.3 is 15.6 Å². The van der Waals surface area contributed by atoms with E-state index in [9.17, 15) is 5.11 Å². The van der Waals surface area contributed by atoms with Crippen molar-refractivity contribution >= 4 is 17.2 Å². The molecule has 0 radical (unpaired) electrons. The van der Waals surface area contributed by atoms with Gasteiger partial charge in [0.25, 0.3) is 0 Å². The highest BCUT2D eigenvalue weighted by molar-refractivity contribution is 7.80. The highest BCUT2D eigenvalue weighted by Gasteiger charge is 2.17. The minimum atomic E-state index is 0.147. The fourth-order valence-electron chi connectivity index (χ4n) is 2.60. The van der Waals surface area contributed by atoms with E-state index in [4.69, 9.17) is 22.7 Å². The van der Waals surface area contributed by atoms with Crippen molar-refractivity contribution in [2.75, 3.05) is 20.3 Å². The number of benzene rings is 1. The third-order valence-corrected chi connectivity index (χ3v) is 4.02. The van der Waals surface area contributed by atoms with E-state index in [2.05, 4.69) is 18.7 Å². The molecule has 0 unspecified atom stereocenters. The Hall–Kier alpha value is -1.17. The lowest BCUT2D eigenvalue weighted by Gasteiger charge is -2.30. The van der Waals surface area contributed by atoms with Gasteiger partial charge in [0, 0.05) is 30.3 Å². The summed E-state index contributed by atoms with van der Waals surface area (Å²) in [5.41, 5.74) is 7.60. The molecule has 0 atom stereocenters. The fourth-order valence-corrected chi connectivity index (χ4v) is 2.73. The molecule has 1 rings (SSSR count). The van der Waals surface area contributed by atoms with Crippen LogP contribution >= 0.6 is 12.2 Å². The van der Waals surface area contributed by atoms with E-state index in [1.165, 1.54) is 0 Å². The highest BCUT2D eigenvalue weighted by atomic mass is 32.1. The second-order valence-corrected chi connectivity index (χ2v) is 5.50. The van der Waals surface area contributed by atoms with Crippen LogP contribution in [-0.2, 0) is 6.54 Å². The maximum absolute atomic E-state index is 9.31. The van der Waals surface area contributed by atoms with Crippen LogP contribution in [0, 0.1) is 0 Å². The van der Waals surface area contributed by atoms with Crippen molar-refractivity contribution in [3.05, 3.63) is 29.3 Å². The van der Waals surface area contributed by atoms with E-state index in [1.54, 1.807) is 7.11 Å². The molecule has 0 aliphatic carbocycles. The maximum atomic E-state index is 9.31. The number of aliphatic hydroxyl groups excluding tert-OH is 1. The van der Waals surface area contributed by atoms with Crippen LogP contribution < -0.4 is 10.5 Å². The standard InChI is InChI=1S/C16H26N2O2S/c1-4-14(5-2)18(8-9-19)11-13-10-12(16(17)21)6-7-15(13)20-3/h6-7,10,14,19H,4-5,8-9,11H2,1-3H3,(H2,17,21). The molecule has 0 heterocycles. The summed E-state index contributed by atoms with van der Waals surface area (Å²) in [6, 6.07) is 6.19. The van der Waals surface area contributed by atoms with Gasteiger partial charge in [-0.1, -0.05) is 26.1 Å². The van der Waals surface area contributed by atoms with Gasteiger partial charge in [-0.25, -0.2) is 0 Å². The molecule has 0 bridgehead atoms. The Morgan fingerprint density at radius 3 is 2.52 bits per heavy atom. The number of thiocarbonyl (C=S) groups is 1. The van der Waals surface area contributed by atoms with Crippen molar-refractivity contribution in [1.82, 2.24) is 4.90 Å². The van der Waals surface area contributed by atoms with Crippen molar-refractivity contribution < 1.29 is 9.84 Å². The number of ether oxygens (including phenoxy) is 1. The van der Waals surface area contributed by atoms with Gasteiger partial charge in [0.05, 0.1) is 13.7 Å². The molecule has 1 aromatic carbocycles. The molecule has 21 heavy (non-hydrogen) atoms. The first-order chi connectivity index (χ1) is 10.1. The molecule has 1 aromatic rings. The Labute approximate surface area is 132 Å². The zero-order chi connectivity index (χ0) is 15.8. The first kappa shape index (κ1) is 17.9. The number of nitrogens with zero attached hydrogens (tertiary/aromatic N) is 1. The second-order valence-electron chi connectivity index (χ2n) is 5.06. The number of nitrogens with two attached hydrogens (primary N) is 1. The lowest BCUT2D eigenvalue weighted by Crippen LogP contribution is -2.36. The average molecular weight is 310 g/mol. The van der Waals surface area contributed by atoms with Gasteiger partial charge in [-0.3, -0.25) is 4.90 Å². The first-order valence-electron chi connectivity index (χ1n) is 7.38. The van der Waals surface area contributed by atoms with Crippen molar-refractivity contribution in [3.8, 4) is 5.75 Å². The van der Waals surface area contributed by atoms with Crippen LogP contribution in [0.15, 0.2) is 18.2 Å². The predicted octanol–water partition coefficient (Wildman–Crippen LogP) is 2.31. The smallest absolute Gasteiger partial charge is 0.123 e. The zero-order valence-corrected chi connectivity index (χ0v) is 13.9. The average Bonchev–Trinajstić information content (AvgIpc) is 2.48. The molecule has 0 spiro atoms. The largest absolute Gasteiger partial charge is 0.496 e. The molecule has 5 heteroatoms. The normalized spacial score (nSPS) is 11.1. The fraction of sp³-hybridized carbons (Fsp3) is 0.562. The summed E-state index contributed by atoms with van der Waals surface area (Å²) in [6.45, 7) is 5.84. The lowest BCUT2D eigenvalue weighted by atomic mass is 10.1. The summed E-state index contributed by atoms with van der Waals surface area (Å²) in [5.74, 6) is 0.823. The molecular formula is C16H26N2O2S. The minimum Gasteiger partial charge on any atom is -0.496 e. The van der Waals surface area contributed by atoms with Crippen molar-refractivity contribution in [2.24, 2.45) is 5.73 Å². The monoisotopic (exact) mass is 310 g/mol. The van der Waals surface area contributed by atoms with Crippen LogP contribution in [0.4, 0.5) is 0 Å². The van der Waals surface area contributed by atoms with Crippen LogP contribution in [0.1, 0.15) is 37.8 Å². The molecular weight excluding hydrogens is 284 g/mol. The van der Waals surface area contributed by atoms with Gasteiger partial charge in [-0.2, -0.15) is 0 Å². The van der Waals surface area contributed by atoms with Crippen LogP contribution in [0.5, 0.6) is 5.75 Å². The van der Waals surface area contributed by atoms with Crippen LogP contribution in [0.25, 0.3) is 0 Å². The summed E-state index contributed by atoms with van der Waals surface area (Å²) in [4.78, 5) is 2.66. The van der Waals surface area contributed by atoms with E-state index < -0.39 is 0 Å². The lowest BCUT2D eigenvalue weighted by molar-refractivity contribution is 0.135. The molecule has 4 nitrogen and oxygen atoms in total. The molecule has 0 amide bonds. The second kappa shape index (κ2) is 8.97. The molecule has 0 aliphatic heterocycles. The Kier molecular flexibility index (Phi) is 7.64. The third-order valence-electron chi connectivity index (χ3n) is 3.78. The van der Waals surface area contributed by atoms with Crippen LogP contribution in [0.2, 0.25) is 0 Å². The Balaban J connectivity index is 3.05.